The minimum atomic E-state index is -3.59. The summed E-state index contributed by atoms with van der Waals surface area (Å²) in [4.78, 5) is 0.240. The molecule has 3 rings (SSSR count). The molecule has 22 heavy (non-hydrogen) atoms. The van der Waals surface area contributed by atoms with E-state index in [0.29, 0.717) is 12.2 Å². The first kappa shape index (κ1) is 14.3. The summed E-state index contributed by atoms with van der Waals surface area (Å²) < 4.78 is 29.2. The lowest BCUT2D eigenvalue weighted by atomic mass is 10.2. The first-order valence-corrected chi connectivity index (χ1v) is 8.27. The molecule has 0 aliphatic carbocycles. The summed E-state index contributed by atoms with van der Waals surface area (Å²) in [6.45, 7) is 0.500. The van der Waals surface area contributed by atoms with Crippen LogP contribution < -0.4 is 4.72 Å². The van der Waals surface area contributed by atoms with E-state index >= 15 is 0 Å². The molecule has 1 heterocycles. The Labute approximate surface area is 129 Å². The van der Waals surface area contributed by atoms with Crippen LogP contribution in [0.4, 0.5) is 5.69 Å². The second kappa shape index (κ2) is 6.03. The highest BCUT2D eigenvalue weighted by atomic mass is 32.2. The molecule has 0 aliphatic heterocycles. The lowest BCUT2D eigenvalue weighted by molar-refractivity contribution is 0.601. The molecule has 1 aromatic heterocycles. The van der Waals surface area contributed by atoms with E-state index in [0.717, 1.165) is 5.56 Å². The maximum absolute atomic E-state index is 12.4. The summed E-state index contributed by atoms with van der Waals surface area (Å²) in [5.74, 6) is 0. The quantitative estimate of drug-likeness (QED) is 0.787. The molecule has 3 aromatic rings. The smallest absolute Gasteiger partial charge is 0.261 e. The van der Waals surface area contributed by atoms with Gasteiger partial charge in [0.1, 0.15) is 0 Å². The Kier molecular flexibility index (Phi) is 3.93. The normalized spacial score (nSPS) is 11.3. The Hall–Kier alpha value is -2.60. The van der Waals surface area contributed by atoms with Crippen LogP contribution in [0.25, 0.3) is 0 Å². The molecule has 0 spiro atoms. The van der Waals surface area contributed by atoms with Crippen molar-refractivity contribution in [2.75, 3.05) is 4.72 Å². The van der Waals surface area contributed by atoms with Gasteiger partial charge < -0.3 is 0 Å². The molecular weight excluding hydrogens is 298 g/mol. The van der Waals surface area contributed by atoms with E-state index in [1.165, 1.54) is 0 Å². The van der Waals surface area contributed by atoms with E-state index in [2.05, 4.69) is 9.82 Å². The van der Waals surface area contributed by atoms with Crippen LogP contribution >= 0.6 is 0 Å². The van der Waals surface area contributed by atoms with Crippen LogP contribution in [-0.4, -0.2) is 18.2 Å². The van der Waals surface area contributed by atoms with Gasteiger partial charge >= 0.3 is 0 Å². The molecule has 0 bridgehead atoms. The molecular formula is C16H15N3O2S. The van der Waals surface area contributed by atoms with Gasteiger partial charge in [-0.15, -0.1) is 0 Å². The van der Waals surface area contributed by atoms with Crippen molar-refractivity contribution in [2.24, 2.45) is 0 Å². The molecule has 0 radical (unpaired) electrons. The highest BCUT2D eigenvalue weighted by Gasteiger charge is 2.15. The van der Waals surface area contributed by atoms with Gasteiger partial charge in [-0.2, -0.15) is 5.10 Å². The van der Waals surface area contributed by atoms with Crippen LogP contribution in [0.5, 0.6) is 0 Å². The van der Waals surface area contributed by atoms with Crippen molar-refractivity contribution in [1.29, 1.82) is 0 Å². The number of rotatable bonds is 5. The molecule has 0 saturated heterocycles. The van der Waals surface area contributed by atoms with Crippen LogP contribution in [0.15, 0.2) is 78.0 Å². The van der Waals surface area contributed by atoms with Gasteiger partial charge in [-0.05, 0) is 29.8 Å². The zero-order chi connectivity index (χ0) is 15.4. The van der Waals surface area contributed by atoms with Crippen molar-refractivity contribution < 1.29 is 8.42 Å². The summed E-state index contributed by atoms with van der Waals surface area (Å²) in [5, 5.41) is 4.15. The summed E-state index contributed by atoms with van der Waals surface area (Å²) in [6.07, 6.45) is 3.53. The molecule has 0 amide bonds. The molecule has 0 fully saturated rings. The Morgan fingerprint density at radius 2 is 1.68 bits per heavy atom. The molecule has 0 aliphatic rings. The van der Waals surface area contributed by atoms with Crippen molar-refractivity contribution in [3.8, 4) is 0 Å². The van der Waals surface area contributed by atoms with Gasteiger partial charge in [0.15, 0.2) is 0 Å². The zero-order valence-electron chi connectivity index (χ0n) is 11.8. The molecule has 112 valence electrons. The average Bonchev–Trinajstić information content (AvgIpc) is 3.03. The largest absolute Gasteiger partial charge is 0.279 e. The zero-order valence-corrected chi connectivity index (χ0v) is 12.6. The van der Waals surface area contributed by atoms with Crippen molar-refractivity contribution in [2.45, 2.75) is 11.4 Å². The van der Waals surface area contributed by atoms with Gasteiger partial charge in [-0.25, -0.2) is 8.42 Å². The van der Waals surface area contributed by atoms with E-state index in [-0.39, 0.29) is 4.90 Å². The van der Waals surface area contributed by atoms with Crippen molar-refractivity contribution >= 4 is 15.7 Å². The summed E-state index contributed by atoms with van der Waals surface area (Å²) in [6, 6.07) is 17.4. The van der Waals surface area contributed by atoms with Gasteiger partial charge in [0, 0.05) is 12.4 Å². The molecule has 0 saturated carbocycles. The molecule has 5 nitrogen and oxygen atoms in total. The van der Waals surface area contributed by atoms with Crippen molar-refractivity contribution in [3.63, 3.8) is 0 Å². The fourth-order valence-electron chi connectivity index (χ4n) is 2.13. The van der Waals surface area contributed by atoms with Crippen molar-refractivity contribution in [3.05, 3.63) is 78.6 Å². The monoisotopic (exact) mass is 313 g/mol. The van der Waals surface area contributed by atoms with Crippen LogP contribution in [0.1, 0.15) is 5.56 Å². The molecule has 2 aromatic carbocycles. The lowest BCUT2D eigenvalue weighted by Gasteiger charge is -2.12. The van der Waals surface area contributed by atoms with E-state index in [9.17, 15) is 8.42 Å². The van der Waals surface area contributed by atoms with E-state index in [1.807, 2.05) is 24.4 Å². The maximum atomic E-state index is 12.4. The van der Waals surface area contributed by atoms with Gasteiger partial charge in [-0.3, -0.25) is 9.40 Å². The maximum Gasteiger partial charge on any atom is 0.261 e. The van der Waals surface area contributed by atoms with Gasteiger partial charge in [0.25, 0.3) is 10.0 Å². The van der Waals surface area contributed by atoms with E-state index in [4.69, 9.17) is 0 Å². The van der Waals surface area contributed by atoms with Gasteiger partial charge in [0.05, 0.1) is 17.1 Å². The van der Waals surface area contributed by atoms with Gasteiger partial charge in [-0.1, -0.05) is 36.4 Å². The number of nitrogens with zero attached hydrogens (tertiary/aromatic N) is 2. The second-order valence-corrected chi connectivity index (χ2v) is 6.46. The van der Waals surface area contributed by atoms with E-state index in [1.54, 1.807) is 53.3 Å². The third-order valence-electron chi connectivity index (χ3n) is 3.21. The lowest BCUT2D eigenvalue weighted by Crippen LogP contribution is -2.15. The van der Waals surface area contributed by atoms with E-state index < -0.39 is 10.0 Å². The predicted molar refractivity (Wildman–Crippen MR) is 85.0 cm³/mol. The van der Waals surface area contributed by atoms with Crippen LogP contribution in [-0.2, 0) is 16.6 Å². The highest BCUT2D eigenvalue weighted by molar-refractivity contribution is 7.92. The minimum absolute atomic E-state index is 0.240. The number of hydrogen-bond donors (Lipinski definition) is 1. The van der Waals surface area contributed by atoms with Crippen LogP contribution in [0, 0.1) is 0 Å². The number of para-hydroxylation sites is 1. The van der Waals surface area contributed by atoms with Crippen molar-refractivity contribution in [1.82, 2.24) is 9.78 Å². The Balaban J connectivity index is 1.90. The molecule has 6 heteroatoms. The Bertz CT molecular complexity index is 844. The summed E-state index contributed by atoms with van der Waals surface area (Å²) in [7, 11) is -3.59. The number of nitrogens with one attached hydrogen (secondary N) is 1. The molecule has 1 N–H and O–H groups in total. The number of aromatic nitrogens is 2. The first-order valence-electron chi connectivity index (χ1n) is 6.78. The summed E-state index contributed by atoms with van der Waals surface area (Å²) in [5.41, 5.74) is 1.41. The number of sulfonamides is 1. The number of hydrogen-bond acceptors (Lipinski definition) is 3. The topological polar surface area (TPSA) is 64.0 Å². The fraction of sp³-hybridized carbons (Fsp3) is 0.0625. The number of benzene rings is 2. The first-order chi connectivity index (χ1) is 10.6. The second-order valence-electron chi connectivity index (χ2n) is 4.78. The van der Waals surface area contributed by atoms with Crippen LogP contribution in [0.3, 0.4) is 0 Å². The minimum Gasteiger partial charge on any atom is -0.279 e. The third kappa shape index (κ3) is 3.17. The standard InChI is InChI=1S/C16H15N3O2S/c20-22(21,15-8-2-1-3-9-15)18-16-10-5-4-7-14(16)13-19-12-6-11-17-19/h1-12,18H,13H2. The predicted octanol–water partition coefficient (Wildman–Crippen LogP) is 2.73. The SMILES string of the molecule is O=S(=O)(Nc1ccccc1Cn1cccn1)c1ccccc1. The molecule has 0 unspecified atom stereocenters. The van der Waals surface area contributed by atoms with Gasteiger partial charge in [0.2, 0.25) is 0 Å². The Morgan fingerprint density at radius 1 is 0.955 bits per heavy atom. The number of anilines is 1. The average molecular weight is 313 g/mol. The summed E-state index contributed by atoms with van der Waals surface area (Å²) >= 11 is 0. The third-order valence-corrected chi connectivity index (χ3v) is 4.59. The van der Waals surface area contributed by atoms with Crippen LogP contribution in [0.2, 0.25) is 0 Å². The fourth-order valence-corrected chi connectivity index (χ4v) is 3.25. The molecule has 0 atom stereocenters. The highest BCUT2D eigenvalue weighted by Crippen LogP contribution is 2.20. The Morgan fingerprint density at radius 3 is 2.41 bits per heavy atom.